The van der Waals surface area contributed by atoms with Crippen LogP contribution in [0.3, 0.4) is 0 Å². The lowest BCUT2D eigenvalue weighted by Crippen LogP contribution is -2.10. The molecule has 0 heterocycles. The van der Waals surface area contributed by atoms with E-state index in [1.54, 1.807) is 0 Å². The SMILES string of the molecule is NNc1cccc2c1CCCCC2. The molecular formula is C11H16N2. The second-order valence-electron chi connectivity index (χ2n) is 3.65. The fourth-order valence-corrected chi connectivity index (χ4v) is 2.09. The molecule has 0 saturated carbocycles. The number of benzene rings is 1. The summed E-state index contributed by atoms with van der Waals surface area (Å²) in [5, 5.41) is 0. The molecular weight excluding hydrogens is 160 g/mol. The third-order valence-corrected chi connectivity index (χ3v) is 2.80. The van der Waals surface area contributed by atoms with Crippen molar-refractivity contribution in [1.82, 2.24) is 0 Å². The third-order valence-electron chi connectivity index (χ3n) is 2.80. The van der Waals surface area contributed by atoms with Gasteiger partial charge in [-0.2, -0.15) is 0 Å². The van der Waals surface area contributed by atoms with Gasteiger partial charge in [-0.15, -0.1) is 0 Å². The zero-order valence-electron chi connectivity index (χ0n) is 7.84. The Morgan fingerprint density at radius 2 is 1.92 bits per heavy atom. The molecule has 0 fully saturated rings. The van der Waals surface area contributed by atoms with Gasteiger partial charge < -0.3 is 5.43 Å². The smallest absolute Gasteiger partial charge is 0.0519 e. The molecule has 2 nitrogen and oxygen atoms in total. The normalized spacial score (nSPS) is 16.1. The van der Waals surface area contributed by atoms with Gasteiger partial charge in [-0.1, -0.05) is 18.6 Å². The molecule has 0 aliphatic heterocycles. The minimum Gasteiger partial charge on any atom is -0.324 e. The number of aryl methyl sites for hydroxylation is 1. The summed E-state index contributed by atoms with van der Waals surface area (Å²) in [7, 11) is 0. The molecule has 3 N–H and O–H groups in total. The van der Waals surface area contributed by atoms with Gasteiger partial charge in [0.25, 0.3) is 0 Å². The van der Waals surface area contributed by atoms with Crippen LogP contribution >= 0.6 is 0 Å². The van der Waals surface area contributed by atoms with E-state index in [9.17, 15) is 0 Å². The predicted molar refractivity (Wildman–Crippen MR) is 55.5 cm³/mol. The van der Waals surface area contributed by atoms with Gasteiger partial charge >= 0.3 is 0 Å². The highest BCUT2D eigenvalue weighted by atomic mass is 15.2. The van der Waals surface area contributed by atoms with Crippen molar-refractivity contribution in [3.05, 3.63) is 29.3 Å². The van der Waals surface area contributed by atoms with Crippen LogP contribution in [-0.4, -0.2) is 0 Å². The Hall–Kier alpha value is -1.02. The van der Waals surface area contributed by atoms with Crippen LogP contribution < -0.4 is 11.3 Å². The van der Waals surface area contributed by atoms with Crippen LogP contribution in [0.4, 0.5) is 5.69 Å². The molecule has 70 valence electrons. The average Bonchev–Trinajstić information content (AvgIpc) is 2.41. The van der Waals surface area contributed by atoms with Crippen LogP contribution in [-0.2, 0) is 12.8 Å². The van der Waals surface area contributed by atoms with E-state index >= 15 is 0 Å². The summed E-state index contributed by atoms with van der Waals surface area (Å²) in [5.41, 5.74) is 6.81. The lowest BCUT2D eigenvalue weighted by molar-refractivity contribution is 0.712. The van der Waals surface area contributed by atoms with Crippen molar-refractivity contribution in [3.63, 3.8) is 0 Å². The lowest BCUT2D eigenvalue weighted by Gasteiger charge is -2.10. The second-order valence-corrected chi connectivity index (χ2v) is 3.65. The fraction of sp³-hybridized carbons (Fsp3) is 0.455. The van der Waals surface area contributed by atoms with Crippen LogP contribution in [0.5, 0.6) is 0 Å². The van der Waals surface area contributed by atoms with Crippen molar-refractivity contribution < 1.29 is 0 Å². The standard InChI is InChI=1S/C11H16N2/c12-13-11-8-4-6-9-5-2-1-3-7-10(9)11/h4,6,8,13H,1-3,5,7,12H2. The van der Waals surface area contributed by atoms with Crippen LogP contribution in [0.15, 0.2) is 18.2 Å². The van der Waals surface area contributed by atoms with Gasteiger partial charge in [-0.05, 0) is 42.9 Å². The molecule has 0 atom stereocenters. The number of fused-ring (bicyclic) bond motifs is 1. The highest BCUT2D eigenvalue weighted by Gasteiger charge is 2.10. The predicted octanol–water partition coefficient (Wildman–Crippen LogP) is 2.24. The Morgan fingerprint density at radius 1 is 1.08 bits per heavy atom. The monoisotopic (exact) mass is 176 g/mol. The van der Waals surface area contributed by atoms with E-state index < -0.39 is 0 Å². The summed E-state index contributed by atoms with van der Waals surface area (Å²) < 4.78 is 0. The maximum atomic E-state index is 5.47. The Bertz CT molecular complexity index is 294. The number of nitrogens with one attached hydrogen (secondary N) is 1. The molecule has 1 aliphatic carbocycles. The van der Waals surface area contributed by atoms with Crippen LogP contribution in [0.2, 0.25) is 0 Å². The zero-order chi connectivity index (χ0) is 9.10. The zero-order valence-corrected chi connectivity index (χ0v) is 7.84. The number of nitrogen functional groups attached to an aromatic ring is 1. The van der Waals surface area contributed by atoms with Crippen LogP contribution in [0.25, 0.3) is 0 Å². The summed E-state index contributed by atoms with van der Waals surface area (Å²) in [6.45, 7) is 0. The van der Waals surface area contributed by atoms with Crippen molar-refractivity contribution in [2.45, 2.75) is 32.1 Å². The number of hydrazine groups is 1. The lowest BCUT2D eigenvalue weighted by atomic mass is 10.0. The molecule has 0 spiro atoms. The number of hydrogen-bond acceptors (Lipinski definition) is 2. The topological polar surface area (TPSA) is 38.0 Å². The summed E-state index contributed by atoms with van der Waals surface area (Å²) in [5.74, 6) is 5.47. The van der Waals surface area contributed by atoms with E-state index in [-0.39, 0.29) is 0 Å². The van der Waals surface area contributed by atoms with Gasteiger partial charge in [-0.3, -0.25) is 5.84 Å². The maximum Gasteiger partial charge on any atom is 0.0519 e. The van der Waals surface area contributed by atoms with Crippen LogP contribution in [0.1, 0.15) is 30.4 Å². The van der Waals surface area contributed by atoms with Crippen molar-refractivity contribution in [1.29, 1.82) is 0 Å². The molecule has 2 heteroatoms. The van der Waals surface area contributed by atoms with Crippen molar-refractivity contribution in [2.24, 2.45) is 5.84 Å². The number of anilines is 1. The minimum absolute atomic E-state index is 1.11. The quantitative estimate of drug-likeness (QED) is 0.391. The molecule has 0 aromatic heterocycles. The molecule has 0 amide bonds. The molecule has 0 saturated heterocycles. The summed E-state index contributed by atoms with van der Waals surface area (Å²) in [6.07, 6.45) is 6.35. The summed E-state index contributed by atoms with van der Waals surface area (Å²) in [4.78, 5) is 0. The highest BCUT2D eigenvalue weighted by Crippen LogP contribution is 2.26. The fourth-order valence-electron chi connectivity index (χ4n) is 2.09. The highest BCUT2D eigenvalue weighted by molar-refractivity contribution is 5.54. The Labute approximate surface area is 79.1 Å². The first-order chi connectivity index (χ1) is 6.42. The molecule has 2 rings (SSSR count). The van der Waals surface area contributed by atoms with E-state index in [2.05, 4.69) is 23.6 Å². The average molecular weight is 176 g/mol. The summed E-state index contributed by atoms with van der Waals surface area (Å²) in [6, 6.07) is 6.37. The number of hydrogen-bond donors (Lipinski definition) is 2. The molecule has 1 aromatic carbocycles. The Morgan fingerprint density at radius 3 is 2.77 bits per heavy atom. The Balaban J connectivity index is 2.40. The minimum atomic E-state index is 1.11. The van der Waals surface area contributed by atoms with E-state index in [1.165, 1.54) is 43.2 Å². The first-order valence-corrected chi connectivity index (χ1v) is 4.99. The van der Waals surface area contributed by atoms with E-state index in [0.717, 1.165) is 5.69 Å². The van der Waals surface area contributed by atoms with Gasteiger partial charge in [0, 0.05) is 0 Å². The van der Waals surface area contributed by atoms with Crippen molar-refractivity contribution >= 4 is 5.69 Å². The maximum absolute atomic E-state index is 5.47. The van der Waals surface area contributed by atoms with Gasteiger partial charge in [0.05, 0.1) is 5.69 Å². The van der Waals surface area contributed by atoms with Crippen molar-refractivity contribution in [3.8, 4) is 0 Å². The van der Waals surface area contributed by atoms with Gasteiger partial charge in [0.1, 0.15) is 0 Å². The molecule has 1 aromatic rings. The second kappa shape index (κ2) is 3.79. The van der Waals surface area contributed by atoms with Crippen LogP contribution in [0, 0.1) is 0 Å². The third kappa shape index (κ3) is 1.68. The summed E-state index contributed by atoms with van der Waals surface area (Å²) >= 11 is 0. The molecule has 0 bridgehead atoms. The van der Waals surface area contributed by atoms with Gasteiger partial charge in [-0.25, -0.2) is 0 Å². The first kappa shape index (κ1) is 8.57. The molecule has 0 radical (unpaired) electrons. The molecule has 0 unspecified atom stereocenters. The van der Waals surface area contributed by atoms with E-state index in [0.29, 0.717) is 0 Å². The van der Waals surface area contributed by atoms with Gasteiger partial charge in [0.15, 0.2) is 0 Å². The number of rotatable bonds is 1. The van der Waals surface area contributed by atoms with Gasteiger partial charge in [0.2, 0.25) is 0 Å². The Kier molecular flexibility index (Phi) is 2.50. The molecule has 13 heavy (non-hydrogen) atoms. The van der Waals surface area contributed by atoms with E-state index in [4.69, 9.17) is 5.84 Å². The van der Waals surface area contributed by atoms with Crippen molar-refractivity contribution in [2.75, 3.05) is 5.43 Å². The largest absolute Gasteiger partial charge is 0.324 e. The first-order valence-electron chi connectivity index (χ1n) is 4.99. The number of nitrogens with two attached hydrogens (primary N) is 1. The molecule has 1 aliphatic rings. The van der Waals surface area contributed by atoms with E-state index in [1.807, 2.05) is 0 Å².